The quantitative estimate of drug-likeness (QED) is 0.344. The summed E-state index contributed by atoms with van der Waals surface area (Å²) in [4.78, 5) is 24.2. The minimum atomic E-state index is -0.811. The summed E-state index contributed by atoms with van der Waals surface area (Å²) >= 11 is 0. The maximum absolute atomic E-state index is 12.1. The molecule has 1 rings (SSSR count). The highest BCUT2D eigenvalue weighted by molar-refractivity contribution is 6.03. The van der Waals surface area contributed by atoms with Crippen molar-refractivity contribution in [2.24, 2.45) is 11.1 Å². The molecule has 2 N–H and O–H groups in total. The fourth-order valence-corrected chi connectivity index (χ4v) is 2.22. The summed E-state index contributed by atoms with van der Waals surface area (Å²) in [6.07, 6.45) is 1.12. The van der Waals surface area contributed by atoms with E-state index < -0.39 is 17.9 Å². The van der Waals surface area contributed by atoms with Crippen molar-refractivity contribution in [2.45, 2.75) is 27.7 Å². The summed E-state index contributed by atoms with van der Waals surface area (Å²) in [5, 5.41) is 14.8. The van der Waals surface area contributed by atoms with E-state index in [1.807, 2.05) is 0 Å². The lowest BCUT2D eigenvalue weighted by Crippen LogP contribution is -2.34. The van der Waals surface area contributed by atoms with Crippen LogP contribution in [0, 0.1) is 5.92 Å². The molecule has 0 unspecified atom stereocenters. The zero-order chi connectivity index (χ0) is 16.0. The molecule has 0 amide bonds. The number of carbonyl (C=O) groups excluding carboxylic acids is 2. The number of nitrogens with one attached hydrogen (secondary N) is 1. The summed E-state index contributed by atoms with van der Waals surface area (Å²) in [5.41, 5.74) is 1.54. The Kier molecular flexibility index (Phi) is 5.95. The van der Waals surface area contributed by atoms with Gasteiger partial charge >= 0.3 is 11.9 Å². The number of ether oxygens (including phenoxy) is 2. The van der Waals surface area contributed by atoms with Crippen LogP contribution in [0.3, 0.4) is 0 Å². The van der Waals surface area contributed by atoms with Crippen LogP contribution in [-0.2, 0) is 19.1 Å². The first kappa shape index (κ1) is 16.7. The minimum absolute atomic E-state index is 0.204. The third-order valence-corrected chi connectivity index (χ3v) is 3.01. The molecule has 0 aromatic heterocycles. The van der Waals surface area contributed by atoms with Crippen LogP contribution in [0.15, 0.2) is 27.7 Å². The number of esters is 2. The van der Waals surface area contributed by atoms with E-state index in [1.54, 1.807) is 27.7 Å². The lowest BCUT2D eigenvalue weighted by atomic mass is 9.86. The lowest BCUT2D eigenvalue weighted by Gasteiger charge is -2.27. The van der Waals surface area contributed by atoms with E-state index >= 15 is 0 Å². The largest absolute Gasteiger partial charge is 0.463 e. The topological polar surface area (TPSA) is 97.2 Å². The van der Waals surface area contributed by atoms with Crippen molar-refractivity contribution in [3.8, 4) is 0 Å². The van der Waals surface area contributed by atoms with E-state index in [4.69, 9.17) is 14.7 Å². The highest BCUT2D eigenvalue weighted by Crippen LogP contribution is 2.30. The molecule has 1 aliphatic heterocycles. The molecule has 0 saturated heterocycles. The maximum Gasteiger partial charge on any atom is 0.336 e. The zero-order valence-corrected chi connectivity index (χ0v) is 12.6. The smallest absolute Gasteiger partial charge is 0.336 e. The summed E-state index contributed by atoms with van der Waals surface area (Å²) < 4.78 is 9.99. The molecule has 116 valence electrons. The second kappa shape index (κ2) is 7.47. The Hall–Kier alpha value is -2.31. The van der Waals surface area contributed by atoms with Gasteiger partial charge in [0.25, 0.3) is 0 Å². The predicted octanol–water partition coefficient (Wildman–Crippen LogP) is 1.34. The fraction of sp³-hybridized carbons (Fsp3) is 0.500. The van der Waals surface area contributed by atoms with Crippen LogP contribution in [0.1, 0.15) is 27.7 Å². The van der Waals surface area contributed by atoms with Gasteiger partial charge in [0.15, 0.2) is 0 Å². The Morgan fingerprint density at radius 3 is 1.90 bits per heavy atom. The number of dihydropyridines is 1. The second-order valence-electron chi connectivity index (χ2n) is 4.39. The molecule has 0 fully saturated rings. The van der Waals surface area contributed by atoms with Crippen molar-refractivity contribution in [1.29, 1.82) is 0 Å². The highest BCUT2D eigenvalue weighted by Gasteiger charge is 2.36. The third kappa shape index (κ3) is 3.62. The number of carbonyl (C=O) groups is 2. The van der Waals surface area contributed by atoms with Crippen molar-refractivity contribution in [1.82, 2.24) is 5.32 Å². The summed E-state index contributed by atoms with van der Waals surface area (Å²) in [6, 6.07) is 0. The van der Waals surface area contributed by atoms with Crippen LogP contribution in [0.5, 0.6) is 0 Å². The molecule has 0 aromatic rings. The minimum Gasteiger partial charge on any atom is -0.463 e. The molecule has 0 radical (unpaired) electrons. The molecule has 7 heteroatoms. The standard InChI is InChI=1S/C14H20N2O5/c1-5-20-13(17)11-8(3)16-9(4)12(10(11)7-15-19)14(18)21-6-2/h7,10,16,19H,5-6H2,1-4H3. The van der Waals surface area contributed by atoms with Crippen LogP contribution in [0.25, 0.3) is 0 Å². The Morgan fingerprint density at radius 2 is 1.57 bits per heavy atom. The average molecular weight is 296 g/mol. The second-order valence-corrected chi connectivity index (χ2v) is 4.39. The normalized spacial score (nSPS) is 16.2. The predicted molar refractivity (Wildman–Crippen MR) is 75.6 cm³/mol. The van der Waals surface area contributed by atoms with Crippen LogP contribution >= 0.6 is 0 Å². The van der Waals surface area contributed by atoms with Gasteiger partial charge in [-0.25, -0.2) is 9.59 Å². The Bertz CT molecular complexity index is 479. The molecule has 0 bridgehead atoms. The van der Waals surface area contributed by atoms with E-state index in [2.05, 4.69) is 10.5 Å². The molecule has 0 spiro atoms. The van der Waals surface area contributed by atoms with Gasteiger partial charge in [-0.05, 0) is 27.7 Å². The molecule has 0 atom stereocenters. The van der Waals surface area contributed by atoms with Gasteiger partial charge < -0.3 is 20.0 Å². The average Bonchev–Trinajstić information content (AvgIpc) is 2.39. The van der Waals surface area contributed by atoms with E-state index in [0.717, 1.165) is 6.21 Å². The van der Waals surface area contributed by atoms with Gasteiger partial charge in [0.05, 0.1) is 36.5 Å². The highest BCUT2D eigenvalue weighted by atomic mass is 16.5. The Morgan fingerprint density at radius 1 is 1.14 bits per heavy atom. The van der Waals surface area contributed by atoms with Gasteiger partial charge in [-0.15, -0.1) is 5.16 Å². The van der Waals surface area contributed by atoms with Crippen molar-refractivity contribution in [3.63, 3.8) is 0 Å². The number of rotatable bonds is 5. The number of allylic oxidation sites excluding steroid dienone is 2. The third-order valence-electron chi connectivity index (χ3n) is 3.01. The molecule has 7 nitrogen and oxygen atoms in total. The number of oxime groups is 1. The first-order chi connectivity index (χ1) is 9.97. The van der Waals surface area contributed by atoms with E-state index in [0.29, 0.717) is 11.4 Å². The molecular weight excluding hydrogens is 276 g/mol. The van der Waals surface area contributed by atoms with E-state index in [1.165, 1.54) is 0 Å². The monoisotopic (exact) mass is 296 g/mol. The van der Waals surface area contributed by atoms with Crippen LogP contribution in [-0.4, -0.2) is 36.6 Å². The molecule has 1 heterocycles. The Labute approximate surface area is 123 Å². The SMILES string of the molecule is CCOC(=O)C1=C(C)NC(C)=C(C(=O)OCC)C1C=NO. The van der Waals surface area contributed by atoms with Crippen molar-refractivity contribution >= 4 is 18.2 Å². The Balaban J connectivity index is 3.29. The summed E-state index contributed by atoms with van der Waals surface area (Å²) in [6.45, 7) is 7.16. The molecule has 21 heavy (non-hydrogen) atoms. The molecule has 0 aliphatic carbocycles. The molecule has 0 saturated carbocycles. The van der Waals surface area contributed by atoms with Crippen molar-refractivity contribution < 1.29 is 24.3 Å². The zero-order valence-electron chi connectivity index (χ0n) is 12.6. The van der Waals surface area contributed by atoms with Gasteiger partial charge in [-0.2, -0.15) is 0 Å². The lowest BCUT2D eigenvalue weighted by molar-refractivity contribution is -0.139. The van der Waals surface area contributed by atoms with Gasteiger partial charge in [0.1, 0.15) is 0 Å². The number of nitrogens with zero attached hydrogens (tertiary/aromatic N) is 1. The fourth-order valence-electron chi connectivity index (χ4n) is 2.22. The molecule has 0 aromatic carbocycles. The van der Waals surface area contributed by atoms with Crippen LogP contribution in [0.4, 0.5) is 0 Å². The van der Waals surface area contributed by atoms with Crippen molar-refractivity contribution in [3.05, 3.63) is 22.5 Å². The summed E-state index contributed by atoms with van der Waals surface area (Å²) in [7, 11) is 0. The van der Waals surface area contributed by atoms with Gasteiger partial charge in [0.2, 0.25) is 0 Å². The van der Waals surface area contributed by atoms with Gasteiger partial charge in [0, 0.05) is 11.4 Å². The maximum atomic E-state index is 12.1. The van der Waals surface area contributed by atoms with Gasteiger partial charge in [-0.1, -0.05) is 0 Å². The number of hydrogen-bond acceptors (Lipinski definition) is 7. The van der Waals surface area contributed by atoms with Crippen LogP contribution in [0.2, 0.25) is 0 Å². The van der Waals surface area contributed by atoms with Crippen molar-refractivity contribution in [2.75, 3.05) is 13.2 Å². The van der Waals surface area contributed by atoms with E-state index in [9.17, 15) is 9.59 Å². The molecular formula is C14H20N2O5. The van der Waals surface area contributed by atoms with Crippen LogP contribution < -0.4 is 5.32 Å². The first-order valence-corrected chi connectivity index (χ1v) is 6.68. The number of hydrogen-bond donors (Lipinski definition) is 2. The van der Waals surface area contributed by atoms with E-state index in [-0.39, 0.29) is 24.4 Å². The first-order valence-electron chi connectivity index (χ1n) is 6.68. The van der Waals surface area contributed by atoms with Gasteiger partial charge in [-0.3, -0.25) is 0 Å². The molecule has 1 aliphatic rings. The summed E-state index contributed by atoms with van der Waals surface area (Å²) in [5.74, 6) is -1.95.